The lowest BCUT2D eigenvalue weighted by Crippen LogP contribution is -2.03. The van der Waals surface area contributed by atoms with Crippen molar-refractivity contribution < 1.29 is 0 Å². The molecule has 3 rings (SSSR count). The van der Waals surface area contributed by atoms with E-state index in [2.05, 4.69) is 49.2 Å². The summed E-state index contributed by atoms with van der Waals surface area (Å²) in [6.45, 7) is 4.34. The van der Waals surface area contributed by atoms with E-state index in [1.54, 1.807) is 6.33 Å². The number of unbranched alkanes of at least 4 members (excludes halogenated alkanes) is 2. The fourth-order valence-corrected chi connectivity index (χ4v) is 3.48. The predicted molar refractivity (Wildman–Crippen MR) is 99.1 cm³/mol. The molecule has 0 aliphatic heterocycles. The zero-order valence-corrected chi connectivity index (χ0v) is 15.0. The Morgan fingerprint density at radius 3 is 2.61 bits per heavy atom. The minimum atomic E-state index is 0.346. The Labute approximate surface area is 147 Å². The van der Waals surface area contributed by atoms with Crippen molar-refractivity contribution in [2.45, 2.75) is 39.5 Å². The fraction of sp³-hybridized carbons (Fsp3) is 0.316. The standard InChI is InChI=1S/C19H20Cl2N2/c1-3-4-5-10-16-15-9-7-6-8-14(15)11-13(2)17(16)23-12-22-18(20)19(23)21/h6-9,11-12H,3-5,10H2,1-2H3. The second kappa shape index (κ2) is 6.94. The van der Waals surface area contributed by atoms with Crippen LogP contribution >= 0.6 is 23.2 Å². The maximum absolute atomic E-state index is 6.37. The Hall–Kier alpha value is -1.51. The van der Waals surface area contributed by atoms with E-state index in [9.17, 15) is 0 Å². The molecular weight excluding hydrogens is 327 g/mol. The normalized spacial score (nSPS) is 11.3. The van der Waals surface area contributed by atoms with Gasteiger partial charge in [0.2, 0.25) is 0 Å². The molecule has 23 heavy (non-hydrogen) atoms. The van der Waals surface area contributed by atoms with Gasteiger partial charge in [-0.1, -0.05) is 67.2 Å². The quantitative estimate of drug-likeness (QED) is 0.490. The number of aromatic nitrogens is 2. The highest BCUT2D eigenvalue weighted by Crippen LogP contribution is 2.33. The molecule has 0 bridgehead atoms. The van der Waals surface area contributed by atoms with Crippen LogP contribution in [0.15, 0.2) is 36.7 Å². The summed E-state index contributed by atoms with van der Waals surface area (Å²) in [5.41, 5.74) is 3.63. The largest absolute Gasteiger partial charge is 0.288 e. The maximum Gasteiger partial charge on any atom is 0.166 e. The zero-order valence-electron chi connectivity index (χ0n) is 13.4. The molecule has 0 atom stereocenters. The molecule has 0 N–H and O–H groups in total. The van der Waals surface area contributed by atoms with Crippen LogP contribution in [0, 0.1) is 6.92 Å². The van der Waals surface area contributed by atoms with Gasteiger partial charge in [0.25, 0.3) is 0 Å². The Bertz CT molecular complexity index is 837. The molecule has 0 saturated heterocycles. The topological polar surface area (TPSA) is 17.8 Å². The van der Waals surface area contributed by atoms with Crippen LogP contribution in [0.25, 0.3) is 16.5 Å². The second-order valence-electron chi connectivity index (χ2n) is 5.90. The molecule has 1 heterocycles. The Balaban J connectivity index is 2.24. The lowest BCUT2D eigenvalue weighted by atomic mass is 9.94. The molecule has 4 heteroatoms. The molecule has 0 radical (unpaired) electrons. The van der Waals surface area contributed by atoms with Gasteiger partial charge in [0, 0.05) is 0 Å². The van der Waals surface area contributed by atoms with Crippen molar-refractivity contribution in [1.29, 1.82) is 0 Å². The molecule has 0 unspecified atom stereocenters. The SMILES string of the molecule is CCCCCc1c(-n2cnc(Cl)c2Cl)c(C)cc2ccccc12. The highest BCUT2D eigenvalue weighted by atomic mass is 35.5. The molecule has 0 aliphatic rings. The van der Waals surface area contributed by atoms with Crippen LogP contribution in [0.3, 0.4) is 0 Å². The van der Waals surface area contributed by atoms with Gasteiger partial charge in [-0.2, -0.15) is 0 Å². The number of rotatable bonds is 5. The Kier molecular flexibility index (Phi) is 4.93. The molecule has 0 aliphatic carbocycles. The summed E-state index contributed by atoms with van der Waals surface area (Å²) in [5.74, 6) is 0. The van der Waals surface area contributed by atoms with Crippen LogP contribution in [0.4, 0.5) is 0 Å². The third kappa shape index (κ3) is 3.11. The van der Waals surface area contributed by atoms with Crippen molar-refractivity contribution in [1.82, 2.24) is 9.55 Å². The average Bonchev–Trinajstić information content (AvgIpc) is 2.87. The van der Waals surface area contributed by atoms with Crippen LogP contribution in [-0.4, -0.2) is 9.55 Å². The highest BCUT2D eigenvalue weighted by Gasteiger charge is 2.16. The number of imidazole rings is 1. The van der Waals surface area contributed by atoms with E-state index in [0.717, 1.165) is 18.5 Å². The first kappa shape index (κ1) is 16.4. The third-order valence-corrected chi connectivity index (χ3v) is 4.99. The van der Waals surface area contributed by atoms with E-state index in [1.807, 2.05) is 4.57 Å². The van der Waals surface area contributed by atoms with E-state index in [4.69, 9.17) is 23.2 Å². The van der Waals surface area contributed by atoms with Gasteiger partial charge < -0.3 is 0 Å². The minimum Gasteiger partial charge on any atom is -0.288 e. The lowest BCUT2D eigenvalue weighted by molar-refractivity contribution is 0.717. The molecule has 0 amide bonds. The van der Waals surface area contributed by atoms with Gasteiger partial charge in [-0.15, -0.1) is 0 Å². The van der Waals surface area contributed by atoms with Gasteiger partial charge in [-0.25, -0.2) is 4.98 Å². The first-order chi connectivity index (χ1) is 11.1. The Morgan fingerprint density at radius 1 is 1.13 bits per heavy atom. The van der Waals surface area contributed by atoms with Crippen LogP contribution < -0.4 is 0 Å². The summed E-state index contributed by atoms with van der Waals surface area (Å²) in [7, 11) is 0. The number of benzene rings is 2. The third-order valence-electron chi connectivity index (χ3n) is 4.26. The molecule has 120 valence electrons. The molecule has 2 aromatic carbocycles. The number of hydrogen-bond donors (Lipinski definition) is 0. The van der Waals surface area contributed by atoms with E-state index in [-0.39, 0.29) is 0 Å². The van der Waals surface area contributed by atoms with Gasteiger partial charge in [0.1, 0.15) is 6.33 Å². The number of hydrogen-bond acceptors (Lipinski definition) is 1. The first-order valence-electron chi connectivity index (χ1n) is 8.03. The summed E-state index contributed by atoms with van der Waals surface area (Å²) in [5, 5.41) is 3.37. The van der Waals surface area contributed by atoms with Crippen molar-refractivity contribution in [2.24, 2.45) is 0 Å². The summed E-state index contributed by atoms with van der Waals surface area (Å²) in [6.07, 6.45) is 6.33. The van der Waals surface area contributed by atoms with Crippen molar-refractivity contribution >= 4 is 34.0 Å². The number of halogens is 2. The second-order valence-corrected chi connectivity index (χ2v) is 6.61. The molecule has 0 saturated carbocycles. The molecule has 0 fully saturated rings. The highest BCUT2D eigenvalue weighted by molar-refractivity contribution is 6.40. The predicted octanol–water partition coefficient (Wildman–Crippen LogP) is 6.37. The first-order valence-corrected chi connectivity index (χ1v) is 8.79. The summed E-state index contributed by atoms with van der Waals surface area (Å²) in [6, 6.07) is 10.7. The van der Waals surface area contributed by atoms with E-state index in [1.165, 1.54) is 34.7 Å². The van der Waals surface area contributed by atoms with Gasteiger partial charge in [0.05, 0.1) is 5.69 Å². The molecular formula is C19H20Cl2N2. The van der Waals surface area contributed by atoms with Crippen molar-refractivity contribution in [3.63, 3.8) is 0 Å². The summed E-state index contributed by atoms with van der Waals surface area (Å²) < 4.78 is 1.91. The van der Waals surface area contributed by atoms with Crippen LogP contribution in [-0.2, 0) is 6.42 Å². The lowest BCUT2D eigenvalue weighted by Gasteiger charge is -2.17. The molecule has 3 aromatic rings. The number of nitrogens with zero attached hydrogens (tertiary/aromatic N) is 2. The minimum absolute atomic E-state index is 0.346. The maximum atomic E-state index is 6.37. The molecule has 2 nitrogen and oxygen atoms in total. The van der Waals surface area contributed by atoms with Crippen LogP contribution in [0.1, 0.15) is 37.3 Å². The smallest absolute Gasteiger partial charge is 0.166 e. The van der Waals surface area contributed by atoms with Crippen molar-refractivity contribution in [3.05, 3.63) is 58.1 Å². The molecule has 0 spiro atoms. The Morgan fingerprint density at radius 2 is 1.91 bits per heavy atom. The monoisotopic (exact) mass is 346 g/mol. The molecule has 1 aromatic heterocycles. The van der Waals surface area contributed by atoms with E-state index < -0.39 is 0 Å². The van der Waals surface area contributed by atoms with E-state index >= 15 is 0 Å². The van der Waals surface area contributed by atoms with Crippen molar-refractivity contribution in [2.75, 3.05) is 0 Å². The van der Waals surface area contributed by atoms with E-state index in [0.29, 0.717) is 10.3 Å². The zero-order chi connectivity index (χ0) is 16.4. The number of aryl methyl sites for hydroxylation is 2. The number of fused-ring (bicyclic) bond motifs is 1. The van der Waals surface area contributed by atoms with Gasteiger partial charge in [-0.3, -0.25) is 4.57 Å². The van der Waals surface area contributed by atoms with Crippen molar-refractivity contribution in [3.8, 4) is 5.69 Å². The van der Waals surface area contributed by atoms with Gasteiger partial charge >= 0.3 is 0 Å². The fourth-order valence-electron chi connectivity index (χ4n) is 3.17. The van der Waals surface area contributed by atoms with Crippen LogP contribution in [0.5, 0.6) is 0 Å². The van der Waals surface area contributed by atoms with Gasteiger partial charge in [-0.05, 0) is 47.7 Å². The van der Waals surface area contributed by atoms with Gasteiger partial charge in [0.15, 0.2) is 10.3 Å². The summed E-state index contributed by atoms with van der Waals surface area (Å²) in [4.78, 5) is 4.15. The van der Waals surface area contributed by atoms with Crippen LogP contribution in [0.2, 0.25) is 10.3 Å². The summed E-state index contributed by atoms with van der Waals surface area (Å²) >= 11 is 12.4. The average molecular weight is 347 g/mol.